The maximum Gasteiger partial charge on any atom is 0.301 e. The Balaban J connectivity index is 2.78. The Bertz CT molecular complexity index is 353. The zero-order chi connectivity index (χ0) is 11.4. The number of allylic oxidation sites excluding steroid dienone is 1. The predicted octanol–water partition coefficient (Wildman–Crippen LogP) is 3.22. The van der Waals surface area contributed by atoms with Crippen LogP contribution in [-0.4, -0.2) is 9.97 Å². The summed E-state index contributed by atoms with van der Waals surface area (Å²) in [4.78, 5) is 7.85. The minimum absolute atomic E-state index is 0.199. The van der Waals surface area contributed by atoms with Crippen LogP contribution in [0.4, 0.5) is 13.2 Å². The van der Waals surface area contributed by atoms with Crippen LogP contribution in [0.2, 0.25) is 0 Å². The van der Waals surface area contributed by atoms with E-state index in [9.17, 15) is 13.2 Å². The fraction of sp³-hybridized carbons (Fsp3) is 0.400. The van der Waals surface area contributed by atoms with Crippen molar-refractivity contribution in [3.05, 3.63) is 35.7 Å². The van der Waals surface area contributed by atoms with Gasteiger partial charge in [0, 0.05) is 18.8 Å². The summed E-state index contributed by atoms with van der Waals surface area (Å²) in [6, 6.07) is 0. The molecule has 5 heteroatoms. The van der Waals surface area contributed by atoms with Crippen molar-refractivity contribution in [2.24, 2.45) is 0 Å². The molecule has 2 nitrogen and oxygen atoms in total. The molecule has 82 valence electrons. The molecule has 1 rings (SSSR count). The molecule has 0 spiro atoms. The average molecular weight is 216 g/mol. The molecule has 0 bridgehead atoms. The minimum atomic E-state index is -2.30. The highest BCUT2D eigenvalue weighted by Crippen LogP contribution is 2.15. The Morgan fingerprint density at radius 3 is 2.27 bits per heavy atom. The zero-order valence-electron chi connectivity index (χ0n) is 8.47. The molecule has 15 heavy (non-hydrogen) atoms. The molecule has 0 aliphatic rings. The Hall–Kier alpha value is -1.39. The molecule has 0 saturated carbocycles. The van der Waals surface area contributed by atoms with Gasteiger partial charge in [-0.05, 0) is 5.92 Å². The summed E-state index contributed by atoms with van der Waals surface area (Å²) >= 11 is 0. The maximum absolute atomic E-state index is 12.5. The molecular weight excluding hydrogens is 205 g/mol. The first-order valence-corrected chi connectivity index (χ1v) is 4.51. The Kier molecular flexibility index (Phi) is 3.82. The van der Waals surface area contributed by atoms with Crippen LogP contribution >= 0.6 is 0 Å². The molecular formula is C10H11F3N2. The number of aromatic nitrogens is 2. The summed E-state index contributed by atoms with van der Waals surface area (Å²) in [7, 11) is 0. The summed E-state index contributed by atoms with van der Waals surface area (Å²) in [6.07, 6.45) is -0.0145. The van der Waals surface area contributed by atoms with Crippen LogP contribution in [0.1, 0.15) is 31.2 Å². The van der Waals surface area contributed by atoms with Gasteiger partial charge in [0.1, 0.15) is 0 Å². The predicted molar refractivity (Wildman–Crippen MR) is 50.2 cm³/mol. The van der Waals surface area contributed by atoms with Gasteiger partial charge in [-0.2, -0.15) is 8.78 Å². The monoisotopic (exact) mass is 216 g/mol. The van der Waals surface area contributed by atoms with Gasteiger partial charge >= 0.3 is 6.08 Å². The topological polar surface area (TPSA) is 25.8 Å². The molecule has 0 fully saturated rings. The van der Waals surface area contributed by atoms with Gasteiger partial charge in [0.25, 0.3) is 0 Å². The third-order valence-corrected chi connectivity index (χ3v) is 1.86. The van der Waals surface area contributed by atoms with E-state index in [2.05, 4.69) is 9.97 Å². The van der Waals surface area contributed by atoms with E-state index in [4.69, 9.17) is 0 Å². The standard InChI is InChI=1S/C10H11F3N2/c1-6(2)9-5-14-7(4-15-9)3-8(11)10(12)13/h4-6H,3H2,1-2H3. The van der Waals surface area contributed by atoms with Crippen LogP contribution in [0.3, 0.4) is 0 Å². The molecule has 1 heterocycles. The fourth-order valence-corrected chi connectivity index (χ4v) is 0.980. The van der Waals surface area contributed by atoms with Crippen molar-refractivity contribution >= 4 is 0 Å². The van der Waals surface area contributed by atoms with Crippen molar-refractivity contribution in [3.63, 3.8) is 0 Å². The molecule has 0 atom stereocenters. The minimum Gasteiger partial charge on any atom is -0.258 e. The number of nitrogens with zero attached hydrogens (tertiary/aromatic N) is 2. The summed E-state index contributed by atoms with van der Waals surface area (Å²) in [5.74, 6) is -1.24. The van der Waals surface area contributed by atoms with Gasteiger partial charge < -0.3 is 0 Å². The van der Waals surface area contributed by atoms with Gasteiger partial charge in [-0.25, -0.2) is 4.39 Å². The van der Waals surface area contributed by atoms with Gasteiger partial charge in [-0.1, -0.05) is 13.8 Å². The Morgan fingerprint density at radius 1 is 1.20 bits per heavy atom. The van der Waals surface area contributed by atoms with Crippen molar-refractivity contribution in [1.29, 1.82) is 0 Å². The summed E-state index contributed by atoms with van der Waals surface area (Å²) in [5.41, 5.74) is 0.952. The lowest BCUT2D eigenvalue weighted by Crippen LogP contribution is -1.98. The SMILES string of the molecule is CC(C)c1cnc(CC(F)=C(F)F)cn1. The number of hydrogen-bond acceptors (Lipinski definition) is 2. The molecule has 1 aromatic rings. The maximum atomic E-state index is 12.5. The molecule has 1 aromatic heterocycles. The Morgan fingerprint density at radius 2 is 1.87 bits per heavy atom. The van der Waals surface area contributed by atoms with E-state index in [0.29, 0.717) is 0 Å². The van der Waals surface area contributed by atoms with Crippen LogP contribution in [0.15, 0.2) is 24.3 Å². The number of halogens is 3. The van der Waals surface area contributed by atoms with Crippen molar-refractivity contribution in [2.75, 3.05) is 0 Å². The second-order valence-electron chi connectivity index (χ2n) is 3.43. The first-order valence-electron chi connectivity index (χ1n) is 4.51. The first kappa shape index (κ1) is 11.7. The van der Waals surface area contributed by atoms with Gasteiger partial charge in [0.05, 0.1) is 11.4 Å². The van der Waals surface area contributed by atoms with Crippen LogP contribution < -0.4 is 0 Å². The van der Waals surface area contributed by atoms with Gasteiger partial charge in [-0.3, -0.25) is 9.97 Å². The average Bonchev–Trinajstić information content (AvgIpc) is 2.18. The first-order chi connectivity index (χ1) is 7.00. The van der Waals surface area contributed by atoms with E-state index in [1.165, 1.54) is 12.4 Å². The van der Waals surface area contributed by atoms with E-state index in [1.807, 2.05) is 13.8 Å². The van der Waals surface area contributed by atoms with Crippen LogP contribution in [0.5, 0.6) is 0 Å². The largest absolute Gasteiger partial charge is 0.301 e. The second kappa shape index (κ2) is 4.91. The highest BCUT2D eigenvalue weighted by molar-refractivity contribution is 5.11. The third kappa shape index (κ3) is 3.34. The van der Waals surface area contributed by atoms with E-state index >= 15 is 0 Å². The molecule has 0 saturated heterocycles. The van der Waals surface area contributed by atoms with E-state index in [1.54, 1.807) is 0 Å². The van der Waals surface area contributed by atoms with Crippen molar-refractivity contribution in [2.45, 2.75) is 26.2 Å². The molecule has 0 amide bonds. The van der Waals surface area contributed by atoms with Crippen molar-refractivity contribution < 1.29 is 13.2 Å². The van der Waals surface area contributed by atoms with Gasteiger partial charge in [-0.15, -0.1) is 0 Å². The summed E-state index contributed by atoms with van der Waals surface area (Å²) in [6.45, 7) is 3.87. The normalized spacial score (nSPS) is 10.5. The lowest BCUT2D eigenvalue weighted by Gasteiger charge is -2.03. The highest BCUT2D eigenvalue weighted by atomic mass is 19.3. The highest BCUT2D eigenvalue weighted by Gasteiger charge is 2.08. The number of rotatable bonds is 3. The smallest absolute Gasteiger partial charge is 0.258 e. The fourth-order valence-electron chi connectivity index (χ4n) is 0.980. The van der Waals surface area contributed by atoms with Gasteiger partial charge in [0.15, 0.2) is 5.83 Å². The van der Waals surface area contributed by atoms with Gasteiger partial charge in [0.2, 0.25) is 0 Å². The van der Waals surface area contributed by atoms with Crippen LogP contribution in [0.25, 0.3) is 0 Å². The molecule has 0 aliphatic heterocycles. The van der Waals surface area contributed by atoms with Crippen molar-refractivity contribution in [1.82, 2.24) is 9.97 Å². The van der Waals surface area contributed by atoms with Crippen molar-refractivity contribution in [3.8, 4) is 0 Å². The lowest BCUT2D eigenvalue weighted by molar-refractivity contribution is 0.374. The Labute approximate surface area is 85.9 Å². The molecule has 0 unspecified atom stereocenters. The molecule has 0 aromatic carbocycles. The van der Waals surface area contributed by atoms with E-state index < -0.39 is 18.3 Å². The van der Waals surface area contributed by atoms with Crippen LogP contribution in [0, 0.1) is 0 Å². The molecule has 0 N–H and O–H groups in total. The zero-order valence-corrected chi connectivity index (χ0v) is 8.47. The lowest BCUT2D eigenvalue weighted by atomic mass is 10.1. The third-order valence-electron chi connectivity index (χ3n) is 1.86. The summed E-state index contributed by atoms with van der Waals surface area (Å²) in [5, 5.41) is 0. The molecule has 0 radical (unpaired) electrons. The quantitative estimate of drug-likeness (QED) is 0.775. The molecule has 0 aliphatic carbocycles. The van der Waals surface area contributed by atoms with Crippen LogP contribution in [-0.2, 0) is 6.42 Å². The van der Waals surface area contributed by atoms with E-state index in [-0.39, 0.29) is 11.6 Å². The van der Waals surface area contributed by atoms with E-state index in [0.717, 1.165) is 5.69 Å². The summed E-state index contributed by atoms with van der Waals surface area (Å²) < 4.78 is 36.1. The second-order valence-corrected chi connectivity index (χ2v) is 3.43. The number of hydrogen-bond donors (Lipinski definition) is 0.